The maximum atomic E-state index is 12.2. The van der Waals surface area contributed by atoms with Gasteiger partial charge >= 0.3 is 6.09 Å². The van der Waals surface area contributed by atoms with Crippen LogP contribution in [0.5, 0.6) is 0 Å². The average Bonchev–Trinajstić information content (AvgIpc) is 2.52. The van der Waals surface area contributed by atoms with E-state index < -0.39 is 5.60 Å². The molecule has 3 aliphatic rings. The van der Waals surface area contributed by atoms with E-state index in [4.69, 9.17) is 14.2 Å². The van der Waals surface area contributed by atoms with Crippen molar-refractivity contribution < 1.29 is 24.1 Å². The molecule has 1 aliphatic carbocycles. The zero-order chi connectivity index (χ0) is 17.3. The van der Waals surface area contributed by atoms with E-state index in [2.05, 4.69) is 4.90 Å². The Labute approximate surface area is 142 Å². The van der Waals surface area contributed by atoms with Gasteiger partial charge in [-0.05, 0) is 20.8 Å². The number of piperazine rings is 1. The fraction of sp³-hybridized carbons (Fsp3) is 0.706. The first-order chi connectivity index (χ1) is 11.3. The number of carbonyl (C=O) groups excluding carboxylic acids is 1. The lowest BCUT2D eigenvalue weighted by Gasteiger charge is -2.41. The molecule has 1 unspecified atom stereocenters. The lowest BCUT2D eigenvalue weighted by atomic mass is 10.0. The highest BCUT2D eigenvalue weighted by atomic mass is 16.6. The number of allylic oxidation sites excluding steroid dienone is 1. The van der Waals surface area contributed by atoms with E-state index in [9.17, 15) is 9.90 Å². The Kier molecular flexibility index (Phi) is 4.62. The summed E-state index contributed by atoms with van der Waals surface area (Å²) in [5.74, 6) is 1.73. The zero-order valence-electron chi connectivity index (χ0n) is 14.6. The second-order valence-corrected chi connectivity index (χ2v) is 7.28. The van der Waals surface area contributed by atoms with Crippen LogP contribution in [0.15, 0.2) is 23.4 Å². The highest BCUT2D eigenvalue weighted by Crippen LogP contribution is 2.31. The van der Waals surface area contributed by atoms with Gasteiger partial charge < -0.3 is 24.2 Å². The van der Waals surface area contributed by atoms with E-state index in [1.165, 1.54) is 0 Å². The second kappa shape index (κ2) is 6.55. The lowest BCUT2D eigenvalue weighted by molar-refractivity contribution is -0.00169. The van der Waals surface area contributed by atoms with Gasteiger partial charge in [-0.1, -0.05) is 0 Å². The zero-order valence-corrected chi connectivity index (χ0v) is 14.6. The van der Waals surface area contributed by atoms with Crippen LogP contribution in [0.2, 0.25) is 0 Å². The summed E-state index contributed by atoms with van der Waals surface area (Å²) in [6, 6.07) is -0.0360. The normalized spacial score (nSPS) is 25.4. The van der Waals surface area contributed by atoms with E-state index >= 15 is 0 Å². The number of hydrogen-bond acceptors (Lipinski definition) is 6. The van der Waals surface area contributed by atoms with Crippen LogP contribution < -0.4 is 0 Å². The summed E-state index contributed by atoms with van der Waals surface area (Å²) in [4.78, 5) is 16.1. The lowest BCUT2D eigenvalue weighted by Crippen LogP contribution is -2.54. The summed E-state index contributed by atoms with van der Waals surface area (Å²) in [6.07, 6.45) is 1.88. The van der Waals surface area contributed by atoms with Crippen LogP contribution >= 0.6 is 0 Å². The number of ether oxygens (including phenoxy) is 3. The van der Waals surface area contributed by atoms with Crippen molar-refractivity contribution in [2.24, 2.45) is 0 Å². The van der Waals surface area contributed by atoms with Gasteiger partial charge in [0.2, 0.25) is 0 Å². The number of rotatable bonds is 1. The van der Waals surface area contributed by atoms with Crippen LogP contribution in [-0.4, -0.2) is 72.0 Å². The Morgan fingerprint density at radius 3 is 2.54 bits per heavy atom. The number of amides is 1. The van der Waals surface area contributed by atoms with Crippen LogP contribution in [0.4, 0.5) is 4.79 Å². The molecule has 1 N–H and O–H groups in total. The third kappa shape index (κ3) is 3.77. The van der Waals surface area contributed by atoms with E-state index in [1.54, 1.807) is 11.0 Å². The van der Waals surface area contributed by atoms with Crippen molar-refractivity contribution in [3.8, 4) is 0 Å². The molecule has 0 saturated carbocycles. The van der Waals surface area contributed by atoms with Crippen molar-refractivity contribution in [1.82, 2.24) is 9.80 Å². The summed E-state index contributed by atoms with van der Waals surface area (Å²) in [6.45, 7) is 9.24. The molecule has 0 aromatic rings. The summed E-state index contributed by atoms with van der Waals surface area (Å²) >= 11 is 0. The molecule has 7 nitrogen and oxygen atoms in total. The number of aliphatic hydroxyl groups excluding tert-OH is 1. The fourth-order valence-corrected chi connectivity index (χ4v) is 3.16. The molecule has 134 valence electrons. The predicted octanol–water partition coefficient (Wildman–Crippen LogP) is 2.01. The van der Waals surface area contributed by atoms with Gasteiger partial charge in [0.15, 0.2) is 11.5 Å². The van der Waals surface area contributed by atoms with Crippen molar-refractivity contribution in [1.29, 1.82) is 0 Å². The van der Waals surface area contributed by atoms with Crippen LogP contribution in [0.1, 0.15) is 27.2 Å². The highest BCUT2D eigenvalue weighted by Gasteiger charge is 2.36. The maximum absolute atomic E-state index is 12.2. The Balaban J connectivity index is 1.62. The average molecular weight is 338 g/mol. The molecule has 2 aliphatic heterocycles. The quantitative estimate of drug-likeness (QED) is 0.789. The number of aliphatic hydroxyl groups is 1. The van der Waals surface area contributed by atoms with Crippen molar-refractivity contribution in [3.63, 3.8) is 0 Å². The van der Waals surface area contributed by atoms with Gasteiger partial charge in [0.05, 0.1) is 11.8 Å². The van der Waals surface area contributed by atoms with Gasteiger partial charge in [0.1, 0.15) is 18.8 Å². The molecule has 0 spiro atoms. The Bertz CT molecular complexity index is 556. The Morgan fingerprint density at radius 2 is 1.88 bits per heavy atom. The standard InChI is InChI=1S/C17H26N2O5/c1-17(2,3)24-16(21)19-6-4-18(5-7-19)13-10-12(20)11-14-15(13)23-9-8-22-14/h11,13,20H,4-10H2,1-3H3. The molecule has 24 heavy (non-hydrogen) atoms. The number of hydrogen-bond donors (Lipinski definition) is 1. The molecular formula is C17H26N2O5. The van der Waals surface area contributed by atoms with Crippen molar-refractivity contribution in [2.75, 3.05) is 39.4 Å². The molecule has 0 aromatic carbocycles. The molecule has 1 atom stereocenters. The van der Waals surface area contributed by atoms with E-state index in [0.29, 0.717) is 57.3 Å². The van der Waals surface area contributed by atoms with E-state index in [1.807, 2.05) is 20.8 Å². The molecule has 2 heterocycles. The number of nitrogens with zero attached hydrogens (tertiary/aromatic N) is 2. The topological polar surface area (TPSA) is 71.5 Å². The van der Waals surface area contributed by atoms with E-state index in [-0.39, 0.29) is 12.1 Å². The number of carbonyl (C=O) groups is 1. The molecule has 1 fully saturated rings. The summed E-state index contributed by atoms with van der Waals surface area (Å²) < 4.78 is 16.8. The molecule has 0 radical (unpaired) electrons. The maximum Gasteiger partial charge on any atom is 0.410 e. The molecule has 0 bridgehead atoms. The minimum absolute atomic E-state index is 0.0360. The summed E-state index contributed by atoms with van der Waals surface area (Å²) in [5, 5.41) is 10.00. The Hall–Kier alpha value is -1.89. The van der Waals surface area contributed by atoms with Crippen molar-refractivity contribution in [3.05, 3.63) is 23.4 Å². The van der Waals surface area contributed by atoms with Gasteiger partial charge in [-0.2, -0.15) is 0 Å². The largest absolute Gasteiger partial charge is 0.512 e. The molecular weight excluding hydrogens is 312 g/mol. The van der Waals surface area contributed by atoms with Crippen molar-refractivity contribution >= 4 is 6.09 Å². The first kappa shape index (κ1) is 17.0. The molecule has 0 aromatic heterocycles. The minimum Gasteiger partial charge on any atom is -0.512 e. The highest BCUT2D eigenvalue weighted by molar-refractivity contribution is 5.68. The van der Waals surface area contributed by atoms with Gasteiger partial charge in [-0.3, -0.25) is 4.90 Å². The van der Waals surface area contributed by atoms with Crippen LogP contribution in [0.3, 0.4) is 0 Å². The summed E-state index contributed by atoms with van der Waals surface area (Å²) in [5.41, 5.74) is -0.485. The smallest absolute Gasteiger partial charge is 0.410 e. The Morgan fingerprint density at radius 1 is 1.21 bits per heavy atom. The molecule has 1 saturated heterocycles. The van der Waals surface area contributed by atoms with Crippen LogP contribution in [-0.2, 0) is 14.2 Å². The van der Waals surface area contributed by atoms with Gasteiger partial charge in [0.25, 0.3) is 0 Å². The molecule has 7 heteroatoms. The monoisotopic (exact) mass is 338 g/mol. The SMILES string of the molecule is CC(C)(C)OC(=O)N1CCN(C2CC(O)=CC3=C2OCCO3)CC1. The van der Waals surface area contributed by atoms with Crippen LogP contribution in [0.25, 0.3) is 0 Å². The fourth-order valence-electron chi connectivity index (χ4n) is 3.16. The van der Waals surface area contributed by atoms with Crippen LogP contribution in [0, 0.1) is 0 Å². The first-order valence-corrected chi connectivity index (χ1v) is 8.45. The van der Waals surface area contributed by atoms with Crippen molar-refractivity contribution in [2.45, 2.75) is 38.8 Å². The molecule has 1 amide bonds. The van der Waals surface area contributed by atoms with E-state index in [0.717, 1.165) is 5.76 Å². The molecule has 3 rings (SSSR count). The van der Waals surface area contributed by atoms with Gasteiger partial charge in [-0.25, -0.2) is 4.79 Å². The summed E-state index contributed by atoms with van der Waals surface area (Å²) in [7, 11) is 0. The third-order valence-electron chi connectivity index (χ3n) is 4.25. The second-order valence-electron chi connectivity index (χ2n) is 7.28. The predicted molar refractivity (Wildman–Crippen MR) is 87.4 cm³/mol. The van der Waals surface area contributed by atoms with Gasteiger partial charge in [0, 0.05) is 38.7 Å². The van der Waals surface area contributed by atoms with Gasteiger partial charge in [-0.15, -0.1) is 0 Å². The minimum atomic E-state index is -0.485. The first-order valence-electron chi connectivity index (χ1n) is 8.45. The third-order valence-corrected chi connectivity index (χ3v) is 4.25.